The minimum absolute atomic E-state index is 0.268. The second-order valence-corrected chi connectivity index (χ2v) is 7.90. The highest BCUT2D eigenvalue weighted by atomic mass is 35.5. The topological polar surface area (TPSA) is 104 Å². The molecule has 0 aliphatic heterocycles. The maximum absolute atomic E-state index is 10.9. The monoisotopic (exact) mass is 455 g/mol. The summed E-state index contributed by atoms with van der Waals surface area (Å²) in [6.45, 7) is 0.544. The summed E-state index contributed by atoms with van der Waals surface area (Å²) < 4.78 is 0. The average Bonchev–Trinajstić information content (AvgIpc) is 3.27. The Bertz CT molecular complexity index is 1430. The molecule has 8 heteroatoms. The van der Waals surface area contributed by atoms with Crippen LogP contribution in [0.25, 0.3) is 33.7 Å². The number of rotatable bonds is 6. The predicted octanol–water partition coefficient (Wildman–Crippen LogP) is 5.65. The molecule has 0 unspecified atom stereocenters. The van der Waals surface area contributed by atoms with Gasteiger partial charge in [0.25, 0.3) is 0 Å². The van der Waals surface area contributed by atoms with E-state index in [1.54, 1.807) is 36.7 Å². The van der Waals surface area contributed by atoms with Crippen LogP contribution >= 0.6 is 11.6 Å². The van der Waals surface area contributed by atoms with Crippen LogP contribution in [-0.2, 0) is 6.54 Å². The zero-order valence-corrected chi connectivity index (χ0v) is 18.0. The lowest BCUT2D eigenvalue weighted by atomic mass is 10.1. The van der Waals surface area contributed by atoms with Gasteiger partial charge in [-0.05, 0) is 60.2 Å². The number of aromatic carboxylic acids is 1. The Kier molecular flexibility index (Phi) is 5.46. The van der Waals surface area contributed by atoms with Gasteiger partial charge in [-0.15, -0.1) is 0 Å². The molecule has 0 radical (unpaired) electrons. The molecule has 0 fully saturated rings. The molecule has 5 rings (SSSR count). The van der Waals surface area contributed by atoms with E-state index in [4.69, 9.17) is 16.7 Å². The molecule has 2 aromatic carbocycles. The highest BCUT2D eigenvalue weighted by molar-refractivity contribution is 6.31. The largest absolute Gasteiger partial charge is 0.478 e. The molecule has 7 nitrogen and oxygen atoms in total. The zero-order chi connectivity index (χ0) is 22.8. The second-order valence-electron chi connectivity index (χ2n) is 7.47. The van der Waals surface area contributed by atoms with E-state index < -0.39 is 5.97 Å². The van der Waals surface area contributed by atoms with Gasteiger partial charge >= 0.3 is 5.97 Å². The highest BCUT2D eigenvalue weighted by Crippen LogP contribution is 2.24. The highest BCUT2D eigenvalue weighted by Gasteiger charge is 2.08. The Balaban J connectivity index is 1.26. The molecule has 0 atom stereocenters. The summed E-state index contributed by atoms with van der Waals surface area (Å²) in [4.78, 5) is 27.8. The number of halogens is 1. The van der Waals surface area contributed by atoms with Gasteiger partial charge in [-0.1, -0.05) is 23.7 Å². The van der Waals surface area contributed by atoms with Crippen molar-refractivity contribution in [1.82, 2.24) is 19.9 Å². The van der Waals surface area contributed by atoms with Gasteiger partial charge in [0, 0.05) is 35.1 Å². The molecule has 0 saturated heterocycles. The Labute approximate surface area is 194 Å². The van der Waals surface area contributed by atoms with Gasteiger partial charge in [0.2, 0.25) is 0 Å². The van der Waals surface area contributed by atoms with E-state index in [1.165, 1.54) is 0 Å². The second kappa shape index (κ2) is 8.72. The normalized spacial score (nSPS) is 10.9. The third-order valence-electron chi connectivity index (χ3n) is 5.22. The van der Waals surface area contributed by atoms with Crippen LogP contribution in [0.1, 0.15) is 15.9 Å². The van der Waals surface area contributed by atoms with Crippen LogP contribution in [0.2, 0.25) is 5.02 Å². The van der Waals surface area contributed by atoms with Crippen molar-refractivity contribution in [2.24, 2.45) is 0 Å². The first-order valence-electron chi connectivity index (χ1n) is 10.2. The van der Waals surface area contributed by atoms with Gasteiger partial charge in [0.15, 0.2) is 0 Å². The molecule has 0 saturated carbocycles. The number of imidazole rings is 1. The van der Waals surface area contributed by atoms with E-state index in [9.17, 15) is 4.79 Å². The molecule has 0 aliphatic rings. The van der Waals surface area contributed by atoms with Crippen LogP contribution in [0, 0.1) is 0 Å². The summed E-state index contributed by atoms with van der Waals surface area (Å²) in [5.41, 5.74) is 5.55. The summed E-state index contributed by atoms with van der Waals surface area (Å²) >= 11 is 6.04. The number of hydrogen-bond acceptors (Lipinski definition) is 5. The number of H-pyrrole nitrogens is 1. The molecule has 162 valence electrons. The first-order chi connectivity index (χ1) is 16.0. The summed E-state index contributed by atoms with van der Waals surface area (Å²) in [5.74, 6) is 0.523. The quantitative estimate of drug-likeness (QED) is 0.305. The van der Waals surface area contributed by atoms with E-state index in [-0.39, 0.29) is 5.56 Å². The number of carbonyl (C=O) groups is 1. The fraction of sp³-hybridized carbons (Fsp3) is 0.0400. The summed E-state index contributed by atoms with van der Waals surface area (Å²) in [7, 11) is 0. The average molecular weight is 456 g/mol. The molecular formula is C25H18ClN5O2. The SMILES string of the molecule is O=C(O)c1ccc(CNc2ccc(-c3ccc(-c4nc5cc(Cl)ccc5[nH]4)cn3)cn2)cc1. The molecule has 0 spiro atoms. The number of pyridine rings is 2. The summed E-state index contributed by atoms with van der Waals surface area (Å²) in [6, 6.07) is 20.0. The third kappa shape index (κ3) is 4.53. The number of carboxylic acid groups (broad SMARTS) is 1. The first-order valence-corrected chi connectivity index (χ1v) is 10.6. The molecular weight excluding hydrogens is 438 g/mol. The minimum Gasteiger partial charge on any atom is -0.478 e. The van der Waals surface area contributed by atoms with Crippen LogP contribution in [0.4, 0.5) is 5.82 Å². The van der Waals surface area contributed by atoms with Crippen LogP contribution in [0.15, 0.2) is 79.1 Å². The maximum atomic E-state index is 10.9. The Morgan fingerprint density at radius 2 is 1.73 bits per heavy atom. The number of nitrogens with one attached hydrogen (secondary N) is 2. The fourth-order valence-corrected chi connectivity index (χ4v) is 3.59. The van der Waals surface area contributed by atoms with Crippen molar-refractivity contribution < 1.29 is 9.90 Å². The van der Waals surface area contributed by atoms with Crippen LogP contribution in [0.3, 0.4) is 0 Å². The van der Waals surface area contributed by atoms with E-state index >= 15 is 0 Å². The van der Waals surface area contributed by atoms with E-state index in [2.05, 4.69) is 25.3 Å². The molecule has 0 bridgehead atoms. The Morgan fingerprint density at radius 3 is 2.42 bits per heavy atom. The van der Waals surface area contributed by atoms with Crippen LogP contribution in [0.5, 0.6) is 0 Å². The molecule has 5 aromatic rings. The van der Waals surface area contributed by atoms with E-state index in [1.807, 2.05) is 42.5 Å². The first kappa shape index (κ1) is 20.7. The van der Waals surface area contributed by atoms with Crippen molar-refractivity contribution in [2.45, 2.75) is 6.54 Å². The fourth-order valence-electron chi connectivity index (χ4n) is 3.43. The maximum Gasteiger partial charge on any atom is 0.335 e. The van der Waals surface area contributed by atoms with Crippen molar-refractivity contribution in [3.63, 3.8) is 0 Å². The number of fused-ring (bicyclic) bond motifs is 1. The van der Waals surface area contributed by atoms with E-state index in [0.29, 0.717) is 11.6 Å². The molecule has 3 heterocycles. The smallest absolute Gasteiger partial charge is 0.335 e. The summed E-state index contributed by atoms with van der Waals surface area (Å²) in [5, 5.41) is 12.9. The van der Waals surface area contributed by atoms with Gasteiger partial charge in [-0.3, -0.25) is 4.98 Å². The number of aromatic amines is 1. The number of anilines is 1. The minimum atomic E-state index is -0.934. The number of hydrogen-bond donors (Lipinski definition) is 3. The Hall–Kier alpha value is -4.23. The third-order valence-corrected chi connectivity index (χ3v) is 5.45. The number of nitrogens with zero attached hydrogens (tertiary/aromatic N) is 3. The number of aromatic nitrogens is 4. The lowest BCUT2D eigenvalue weighted by molar-refractivity contribution is 0.0697. The van der Waals surface area contributed by atoms with Crippen molar-refractivity contribution in [3.05, 3.63) is 95.3 Å². The summed E-state index contributed by atoms with van der Waals surface area (Å²) in [6.07, 6.45) is 3.54. The molecule has 0 amide bonds. The van der Waals surface area contributed by atoms with Gasteiger partial charge in [-0.2, -0.15) is 0 Å². The van der Waals surface area contributed by atoms with Crippen molar-refractivity contribution in [2.75, 3.05) is 5.32 Å². The standard InChI is InChI=1S/C25H18ClN5O2/c26-19-7-9-21-22(11-19)31-24(30-21)18-5-8-20(27-14-18)17-6-10-23(29-13-17)28-12-15-1-3-16(4-2-15)25(32)33/h1-11,13-14H,12H2,(H,28,29)(H,30,31)(H,32,33). The molecule has 33 heavy (non-hydrogen) atoms. The van der Waals surface area contributed by atoms with Gasteiger partial charge < -0.3 is 15.4 Å². The number of carboxylic acids is 1. The van der Waals surface area contributed by atoms with Gasteiger partial charge in [0.1, 0.15) is 11.6 Å². The molecule has 0 aliphatic carbocycles. The Morgan fingerprint density at radius 1 is 0.939 bits per heavy atom. The lowest BCUT2D eigenvalue weighted by Gasteiger charge is -2.07. The van der Waals surface area contributed by atoms with Crippen molar-refractivity contribution >= 4 is 34.4 Å². The van der Waals surface area contributed by atoms with Crippen molar-refractivity contribution in [1.29, 1.82) is 0 Å². The van der Waals surface area contributed by atoms with Crippen LogP contribution < -0.4 is 5.32 Å². The molecule has 3 N–H and O–H groups in total. The van der Waals surface area contributed by atoms with Gasteiger partial charge in [-0.25, -0.2) is 14.8 Å². The number of benzene rings is 2. The zero-order valence-electron chi connectivity index (χ0n) is 17.3. The van der Waals surface area contributed by atoms with Crippen LogP contribution in [-0.4, -0.2) is 31.0 Å². The van der Waals surface area contributed by atoms with E-state index in [0.717, 1.165) is 45.1 Å². The lowest BCUT2D eigenvalue weighted by Crippen LogP contribution is -2.02. The van der Waals surface area contributed by atoms with Crippen molar-refractivity contribution in [3.8, 4) is 22.6 Å². The van der Waals surface area contributed by atoms with Gasteiger partial charge in [0.05, 0.1) is 22.3 Å². The molecule has 3 aromatic heterocycles. The predicted molar refractivity (Wildman–Crippen MR) is 128 cm³/mol.